The van der Waals surface area contributed by atoms with Crippen LogP contribution in [0.1, 0.15) is 11.7 Å². The molecule has 1 atom stereocenters. The van der Waals surface area contributed by atoms with Crippen molar-refractivity contribution in [2.24, 2.45) is 0 Å². The summed E-state index contributed by atoms with van der Waals surface area (Å²) in [5, 5.41) is 24.9. The number of benzene rings is 1. The van der Waals surface area contributed by atoms with Gasteiger partial charge in [-0.2, -0.15) is 9.38 Å². The predicted octanol–water partition coefficient (Wildman–Crippen LogP) is 3.04. The number of rotatable bonds is 5. The van der Waals surface area contributed by atoms with Crippen LogP contribution in [0.25, 0.3) is 5.65 Å². The van der Waals surface area contributed by atoms with Gasteiger partial charge in [-0.3, -0.25) is 0 Å². The molecule has 3 aromatic rings. The van der Waals surface area contributed by atoms with Gasteiger partial charge in [0.05, 0.1) is 12.3 Å². The van der Waals surface area contributed by atoms with Gasteiger partial charge in [-0.15, -0.1) is 0 Å². The highest BCUT2D eigenvalue weighted by molar-refractivity contribution is 6.30. The summed E-state index contributed by atoms with van der Waals surface area (Å²) in [5.74, 6) is -0.0434. The molecule has 0 fully saturated rings. The molecule has 8 heteroatoms. The van der Waals surface area contributed by atoms with Crippen molar-refractivity contribution in [3.63, 3.8) is 0 Å². The summed E-state index contributed by atoms with van der Waals surface area (Å²) in [6, 6.07) is 11.9. The number of aliphatic hydroxyl groups is 1. The number of nitrogens with zero attached hydrogens (tertiary/aromatic N) is 3. The number of anilines is 1. The van der Waals surface area contributed by atoms with E-state index in [9.17, 15) is 15.2 Å². The first-order valence-electron chi connectivity index (χ1n) is 6.85. The van der Waals surface area contributed by atoms with Crippen LogP contribution in [0.4, 0.5) is 11.6 Å². The Morgan fingerprint density at radius 3 is 2.74 bits per heavy atom. The van der Waals surface area contributed by atoms with Crippen LogP contribution in [-0.4, -0.2) is 26.0 Å². The van der Waals surface area contributed by atoms with Crippen molar-refractivity contribution in [2.45, 2.75) is 6.10 Å². The third-order valence-electron chi connectivity index (χ3n) is 3.40. The van der Waals surface area contributed by atoms with Crippen LogP contribution < -0.4 is 5.32 Å². The number of fused-ring (bicyclic) bond motifs is 1. The molecule has 118 valence electrons. The van der Waals surface area contributed by atoms with Crippen molar-refractivity contribution in [3.8, 4) is 0 Å². The minimum Gasteiger partial charge on any atom is -0.387 e. The van der Waals surface area contributed by atoms with E-state index in [1.165, 1.54) is 4.40 Å². The lowest BCUT2D eigenvalue weighted by Gasteiger charge is -2.11. The Kier molecular flexibility index (Phi) is 4.14. The van der Waals surface area contributed by atoms with Gasteiger partial charge in [0.2, 0.25) is 11.5 Å². The van der Waals surface area contributed by atoms with Crippen LogP contribution in [0.3, 0.4) is 0 Å². The third kappa shape index (κ3) is 3.10. The van der Waals surface area contributed by atoms with Crippen LogP contribution in [-0.2, 0) is 0 Å². The molecule has 0 aliphatic heterocycles. The van der Waals surface area contributed by atoms with Gasteiger partial charge in [0, 0.05) is 17.6 Å². The van der Waals surface area contributed by atoms with Crippen molar-refractivity contribution in [1.82, 2.24) is 9.38 Å². The fourth-order valence-electron chi connectivity index (χ4n) is 2.27. The van der Waals surface area contributed by atoms with Gasteiger partial charge in [0.15, 0.2) is 0 Å². The van der Waals surface area contributed by atoms with Gasteiger partial charge in [0.1, 0.15) is 0 Å². The number of halogens is 1. The molecule has 0 saturated heterocycles. The predicted molar refractivity (Wildman–Crippen MR) is 86.7 cm³/mol. The van der Waals surface area contributed by atoms with Gasteiger partial charge in [-0.1, -0.05) is 29.8 Å². The van der Waals surface area contributed by atoms with E-state index in [0.29, 0.717) is 16.2 Å². The molecule has 0 spiro atoms. The minimum absolute atomic E-state index is 0.0896. The van der Waals surface area contributed by atoms with Crippen molar-refractivity contribution in [1.29, 1.82) is 0 Å². The molecule has 0 unspecified atom stereocenters. The summed E-state index contributed by atoms with van der Waals surface area (Å²) >= 11 is 5.81. The Hall–Kier alpha value is -2.64. The van der Waals surface area contributed by atoms with Gasteiger partial charge < -0.3 is 20.5 Å². The van der Waals surface area contributed by atoms with Crippen LogP contribution in [0.5, 0.6) is 0 Å². The van der Waals surface area contributed by atoms with E-state index < -0.39 is 11.0 Å². The summed E-state index contributed by atoms with van der Waals surface area (Å²) in [5.41, 5.74) is 1.12. The van der Waals surface area contributed by atoms with Crippen molar-refractivity contribution < 1.29 is 10.0 Å². The molecule has 2 heterocycles. The Labute approximate surface area is 136 Å². The highest BCUT2D eigenvalue weighted by atomic mass is 35.5. The van der Waals surface area contributed by atoms with Gasteiger partial charge in [-0.25, -0.2) is 0 Å². The first-order chi connectivity index (χ1) is 11.1. The molecule has 0 radical (unpaired) electrons. The molecule has 3 rings (SSSR count). The van der Waals surface area contributed by atoms with Crippen LogP contribution in [0, 0.1) is 10.1 Å². The van der Waals surface area contributed by atoms with E-state index in [2.05, 4.69) is 10.3 Å². The molecule has 0 aliphatic carbocycles. The maximum Gasteiger partial charge on any atom is 0.372 e. The largest absolute Gasteiger partial charge is 0.387 e. The lowest BCUT2D eigenvalue weighted by molar-refractivity contribution is -0.389. The van der Waals surface area contributed by atoms with Crippen molar-refractivity contribution in [3.05, 3.63) is 69.4 Å². The lowest BCUT2D eigenvalue weighted by Crippen LogP contribution is -2.13. The number of nitrogens with one attached hydrogen (secondary N) is 1. The zero-order valence-corrected chi connectivity index (χ0v) is 12.6. The first-order valence-corrected chi connectivity index (χ1v) is 7.23. The van der Waals surface area contributed by atoms with Crippen molar-refractivity contribution >= 4 is 28.9 Å². The standard InChI is InChI=1S/C15H13ClN4O3/c16-11-6-4-10(5-7-11)12(21)9-17-14-15(20(22)23)19-8-2-1-3-13(19)18-14/h1-8,12,17,21H,9H2/t12-/m1/s1. The highest BCUT2D eigenvalue weighted by Crippen LogP contribution is 2.26. The topological polar surface area (TPSA) is 92.7 Å². The SMILES string of the molecule is O=[N+]([O-])c1c(NC[C@@H](O)c2ccc(Cl)cc2)nc2ccccn12. The summed E-state index contributed by atoms with van der Waals surface area (Å²) in [6.07, 6.45) is 0.734. The molecule has 0 amide bonds. The fraction of sp³-hybridized carbons (Fsp3) is 0.133. The maximum atomic E-state index is 11.3. The van der Waals surface area contributed by atoms with E-state index in [1.54, 1.807) is 48.7 Å². The van der Waals surface area contributed by atoms with E-state index >= 15 is 0 Å². The molecule has 23 heavy (non-hydrogen) atoms. The smallest absolute Gasteiger partial charge is 0.372 e. The van der Waals surface area contributed by atoms with Crippen LogP contribution in [0.15, 0.2) is 48.7 Å². The molecule has 1 aromatic carbocycles. The van der Waals surface area contributed by atoms with E-state index in [-0.39, 0.29) is 18.2 Å². The second-order valence-corrected chi connectivity index (χ2v) is 5.35. The molecular weight excluding hydrogens is 320 g/mol. The molecule has 2 N–H and O–H groups in total. The number of imidazole rings is 1. The monoisotopic (exact) mass is 332 g/mol. The molecule has 7 nitrogen and oxygen atoms in total. The number of aromatic nitrogens is 2. The number of aliphatic hydroxyl groups excluding tert-OH is 1. The summed E-state index contributed by atoms with van der Waals surface area (Å²) in [4.78, 5) is 15.0. The van der Waals surface area contributed by atoms with E-state index in [1.807, 2.05) is 0 Å². The molecule has 0 bridgehead atoms. The third-order valence-corrected chi connectivity index (χ3v) is 3.65. The zero-order chi connectivity index (χ0) is 16.4. The number of nitro groups is 1. The fourth-order valence-corrected chi connectivity index (χ4v) is 2.40. The minimum atomic E-state index is -0.836. The van der Waals surface area contributed by atoms with Crippen molar-refractivity contribution in [2.75, 3.05) is 11.9 Å². The number of hydrogen-bond acceptors (Lipinski definition) is 5. The average Bonchev–Trinajstić information content (AvgIpc) is 2.91. The second-order valence-electron chi connectivity index (χ2n) is 4.92. The normalized spacial score (nSPS) is 12.3. The summed E-state index contributed by atoms with van der Waals surface area (Å²) < 4.78 is 1.39. The Balaban J connectivity index is 1.82. The van der Waals surface area contributed by atoms with E-state index in [0.717, 1.165) is 0 Å². The number of pyridine rings is 1. The Bertz CT molecular complexity index is 848. The quantitative estimate of drug-likeness (QED) is 0.553. The summed E-state index contributed by atoms with van der Waals surface area (Å²) in [6.45, 7) is 0.0896. The van der Waals surface area contributed by atoms with Gasteiger partial charge >= 0.3 is 5.82 Å². The molecule has 0 aliphatic rings. The van der Waals surface area contributed by atoms with E-state index in [4.69, 9.17) is 11.6 Å². The van der Waals surface area contributed by atoms with Crippen LogP contribution in [0.2, 0.25) is 5.02 Å². The molecular formula is C15H13ClN4O3. The second kappa shape index (κ2) is 6.23. The average molecular weight is 333 g/mol. The lowest BCUT2D eigenvalue weighted by atomic mass is 10.1. The molecule has 2 aromatic heterocycles. The van der Waals surface area contributed by atoms with Gasteiger partial charge in [0.25, 0.3) is 0 Å². The van der Waals surface area contributed by atoms with Gasteiger partial charge in [-0.05, 0) is 28.7 Å². The first kappa shape index (κ1) is 15.3. The molecule has 0 saturated carbocycles. The highest BCUT2D eigenvalue weighted by Gasteiger charge is 2.22. The van der Waals surface area contributed by atoms with Crippen LogP contribution >= 0.6 is 11.6 Å². The zero-order valence-electron chi connectivity index (χ0n) is 11.9. The number of hydrogen-bond donors (Lipinski definition) is 2. The maximum absolute atomic E-state index is 11.3. The Morgan fingerprint density at radius 2 is 2.04 bits per heavy atom. The Morgan fingerprint density at radius 1 is 1.30 bits per heavy atom. The summed E-state index contributed by atoms with van der Waals surface area (Å²) in [7, 11) is 0.